The molecule has 0 bridgehead atoms. The lowest BCUT2D eigenvalue weighted by Gasteiger charge is -2.19. The zero-order valence-corrected chi connectivity index (χ0v) is 11.3. The highest BCUT2D eigenvalue weighted by molar-refractivity contribution is 6.32. The van der Waals surface area contributed by atoms with Crippen LogP contribution in [0.15, 0.2) is 18.2 Å². The van der Waals surface area contributed by atoms with Gasteiger partial charge in [-0.15, -0.1) is 0 Å². The molecule has 0 radical (unpaired) electrons. The van der Waals surface area contributed by atoms with Gasteiger partial charge in [-0.25, -0.2) is 0 Å². The number of benzene rings is 1. The topological polar surface area (TPSA) is 9.23 Å². The number of halogens is 1. The van der Waals surface area contributed by atoms with E-state index in [9.17, 15) is 0 Å². The number of hydrogen-bond acceptors (Lipinski definition) is 1. The summed E-state index contributed by atoms with van der Waals surface area (Å²) in [5.41, 5.74) is 1.36. The first-order valence-electron chi connectivity index (χ1n) is 5.29. The number of methoxy groups -OCH3 is 1. The second kappa shape index (κ2) is 6.02. The first-order chi connectivity index (χ1) is 6.95. The van der Waals surface area contributed by atoms with Gasteiger partial charge in [-0.1, -0.05) is 52.3 Å². The Kier molecular flexibility index (Phi) is 5.74. The van der Waals surface area contributed by atoms with Gasteiger partial charge < -0.3 is 4.74 Å². The molecule has 0 amide bonds. The standard InChI is InChI=1S/C11H15ClO.C2H6/c1-11(2,3)8-5-6-10(13-4)9(12)7-8;1-2/h5-7H,1-4H3;1-2H3. The van der Waals surface area contributed by atoms with Crippen LogP contribution >= 0.6 is 11.6 Å². The number of rotatable bonds is 1. The molecule has 0 unspecified atom stereocenters. The predicted octanol–water partition coefficient (Wildman–Crippen LogP) is 4.67. The lowest BCUT2D eigenvalue weighted by molar-refractivity contribution is 0.414. The van der Waals surface area contributed by atoms with Crippen LogP contribution in [0, 0.1) is 0 Å². The van der Waals surface area contributed by atoms with Gasteiger partial charge in [-0.3, -0.25) is 0 Å². The van der Waals surface area contributed by atoms with E-state index in [0.717, 1.165) is 5.75 Å². The van der Waals surface area contributed by atoms with Gasteiger partial charge in [0.1, 0.15) is 5.75 Å². The Hall–Kier alpha value is -0.690. The van der Waals surface area contributed by atoms with E-state index in [-0.39, 0.29) is 5.41 Å². The molecule has 0 heterocycles. The second-order valence-electron chi connectivity index (χ2n) is 4.10. The van der Waals surface area contributed by atoms with Crippen molar-refractivity contribution in [3.05, 3.63) is 28.8 Å². The molecular formula is C13H21ClO. The van der Waals surface area contributed by atoms with Crippen LogP contribution in [0.1, 0.15) is 40.2 Å². The minimum atomic E-state index is 0.135. The van der Waals surface area contributed by atoms with Crippen LogP contribution in [0.3, 0.4) is 0 Å². The third-order valence-corrected chi connectivity index (χ3v) is 2.31. The Morgan fingerprint density at radius 1 is 1.13 bits per heavy atom. The van der Waals surface area contributed by atoms with Crippen LogP contribution in [-0.4, -0.2) is 7.11 Å². The van der Waals surface area contributed by atoms with Gasteiger partial charge in [0.05, 0.1) is 12.1 Å². The third kappa shape index (κ3) is 4.13. The molecule has 1 aromatic carbocycles. The lowest BCUT2D eigenvalue weighted by atomic mass is 9.87. The number of ether oxygens (including phenoxy) is 1. The van der Waals surface area contributed by atoms with Crippen LogP contribution < -0.4 is 4.74 Å². The SMILES string of the molecule is CC.COc1ccc(C(C)(C)C)cc1Cl. The highest BCUT2D eigenvalue weighted by Gasteiger charge is 2.14. The van der Waals surface area contributed by atoms with E-state index < -0.39 is 0 Å². The molecule has 0 atom stereocenters. The van der Waals surface area contributed by atoms with Crippen molar-refractivity contribution in [2.24, 2.45) is 0 Å². The molecule has 0 N–H and O–H groups in total. The molecule has 0 saturated heterocycles. The van der Waals surface area contributed by atoms with E-state index in [0.29, 0.717) is 5.02 Å². The molecule has 1 aromatic rings. The van der Waals surface area contributed by atoms with Gasteiger partial charge in [0.25, 0.3) is 0 Å². The lowest BCUT2D eigenvalue weighted by Crippen LogP contribution is -2.10. The Morgan fingerprint density at radius 3 is 2.00 bits per heavy atom. The fourth-order valence-corrected chi connectivity index (χ4v) is 1.39. The molecule has 86 valence electrons. The molecule has 0 aliphatic carbocycles. The van der Waals surface area contributed by atoms with Crippen LogP contribution in [0.25, 0.3) is 0 Å². The minimum Gasteiger partial charge on any atom is -0.495 e. The summed E-state index contributed by atoms with van der Waals surface area (Å²) < 4.78 is 5.08. The fraction of sp³-hybridized carbons (Fsp3) is 0.538. The van der Waals surface area contributed by atoms with Crippen molar-refractivity contribution in [1.29, 1.82) is 0 Å². The molecule has 0 aliphatic rings. The summed E-state index contributed by atoms with van der Waals surface area (Å²) in [4.78, 5) is 0. The van der Waals surface area contributed by atoms with Crippen molar-refractivity contribution in [1.82, 2.24) is 0 Å². The highest BCUT2D eigenvalue weighted by atomic mass is 35.5. The monoisotopic (exact) mass is 228 g/mol. The van der Waals surface area contributed by atoms with Crippen molar-refractivity contribution in [3.8, 4) is 5.75 Å². The smallest absolute Gasteiger partial charge is 0.137 e. The molecule has 0 fully saturated rings. The molecule has 2 heteroatoms. The largest absolute Gasteiger partial charge is 0.495 e. The van der Waals surface area contributed by atoms with Gasteiger partial charge in [0, 0.05) is 0 Å². The van der Waals surface area contributed by atoms with Crippen molar-refractivity contribution in [3.63, 3.8) is 0 Å². The summed E-state index contributed by atoms with van der Waals surface area (Å²) in [5, 5.41) is 0.676. The van der Waals surface area contributed by atoms with Gasteiger partial charge in [-0.2, -0.15) is 0 Å². The molecule has 15 heavy (non-hydrogen) atoms. The molecule has 0 saturated carbocycles. The number of hydrogen-bond donors (Lipinski definition) is 0. The molecule has 1 nitrogen and oxygen atoms in total. The van der Waals surface area contributed by atoms with Crippen LogP contribution in [0.4, 0.5) is 0 Å². The van der Waals surface area contributed by atoms with Gasteiger partial charge in [0.15, 0.2) is 0 Å². The second-order valence-corrected chi connectivity index (χ2v) is 4.51. The third-order valence-electron chi connectivity index (χ3n) is 2.02. The maximum atomic E-state index is 6.01. The maximum absolute atomic E-state index is 6.01. The van der Waals surface area contributed by atoms with Crippen molar-refractivity contribution >= 4 is 11.6 Å². The fourth-order valence-electron chi connectivity index (χ4n) is 1.13. The first kappa shape index (κ1) is 14.3. The van der Waals surface area contributed by atoms with Gasteiger partial charge >= 0.3 is 0 Å². The van der Waals surface area contributed by atoms with Crippen LogP contribution in [0.5, 0.6) is 5.75 Å². The zero-order valence-electron chi connectivity index (χ0n) is 10.5. The first-order valence-corrected chi connectivity index (χ1v) is 5.67. The molecular weight excluding hydrogens is 208 g/mol. The molecule has 1 rings (SSSR count). The van der Waals surface area contributed by atoms with Gasteiger partial charge in [-0.05, 0) is 23.1 Å². The van der Waals surface area contributed by atoms with Crippen molar-refractivity contribution < 1.29 is 4.74 Å². The van der Waals surface area contributed by atoms with E-state index in [1.165, 1.54) is 5.56 Å². The summed E-state index contributed by atoms with van der Waals surface area (Å²) in [6.07, 6.45) is 0. The average Bonchev–Trinajstić information content (AvgIpc) is 2.19. The Morgan fingerprint density at radius 2 is 1.67 bits per heavy atom. The van der Waals surface area contributed by atoms with Gasteiger partial charge in [0.2, 0.25) is 0 Å². The van der Waals surface area contributed by atoms with Crippen molar-refractivity contribution in [2.75, 3.05) is 7.11 Å². The molecule has 0 aromatic heterocycles. The summed E-state index contributed by atoms with van der Waals surface area (Å²) in [6, 6.07) is 5.91. The highest BCUT2D eigenvalue weighted by Crippen LogP contribution is 2.30. The summed E-state index contributed by atoms with van der Waals surface area (Å²) in [7, 11) is 1.62. The summed E-state index contributed by atoms with van der Waals surface area (Å²) in [5.74, 6) is 0.731. The van der Waals surface area contributed by atoms with Crippen LogP contribution in [-0.2, 0) is 5.41 Å². The van der Waals surface area contributed by atoms with E-state index in [2.05, 4.69) is 20.8 Å². The molecule has 0 spiro atoms. The minimum absolute atomic E-state index is 0.135. The van der Waals surface area contributed by atoms with E-state index in [1.54, 1.807) is 7.11 Å². The van der Waals surface area contributed by atoms with E-state index in [1.807, 2.05) is 32.0 Å². The Bertz CT molecular complexity index is 300. The summed E-state index contributed by atoms with van der Waals surface area (Å²) >= 11 is 6.01. The normalized spacial score (nSPS) is 10.3. The van der Waals surface area contributed by atoms with E-state index in [4.69, 9.17) is 16.3 Å². The molecule has 0 aliphatic heterocycles. The van der Waals surface area contributed by atoms with Crippen LogP contribution in [0.2, 0.25) is 5.02 Å². The van der Waals surface area contributed by atoms with Crippen molar-refractivity contribution in [2.45, 2.75) is 40.0 Å². The Balaban J connectivity index is 0.000000921. The Labute approximate surface area is 98.4 Å². The zero-order chi connectivity index (χ0) is 12.1. The predicted molar refractivity (Wildman–Crippen MR) is 68.1 cm³/mol. The average molecular weight is 229 g/mol. The maximum Gasteiger partial charge on any atom is 0.137 e. The quantitative estimate of drug-likeness (QED) is 0.679. The summed E-state index contributed by atoms with van der Waals surface area (Å²) in [6.45, 7) is 10.5. The van der Waals surface area contributed by atoms with E-state index >= 15 is 0 Å².